The van der Waals surface area contributed by atoms with Crippen LogP contribution in [-0.4, -0.2) is 100 Å². The number of carboxylic acids is 1. The minimum Gasteiger partial charge on any atom is -0.478 e. The third kappa shape index (κ3) is 7.70. The quantitative estimate of drug-likeness (QED) is 0.565. The molecule has 148 valence electrons. The molecule has 0 aliphatic carbocycles. The minimum atomic E-state index is -0.915. The number of aromatic carboxylic acids is 1. The normalized spacial score (nSPS) is 11.6. The van der Waals surface area contributed by atoms with Crippen LogP contribution in [0.15, 0.2) is 18.2 Å². The van der Waals surface area contributed by atoms with Crippen LogP contribution in [0.25, 0.3) is 0 Å². The number of carboxylic acid groups (broad SMARTS) is 1. The van der Waals surface area contributed by atoms with E-state index >= 15 is 0 Å². The Bertz CT molecular complexity index is 551. The van der Waals surface area contributed by atoms with E-state index in [1.165, 1.54) is 0 Å². The van der Waals surface area contributed by atoms with Crippen LogP contribution in [0.5, 0.6) is 0 Å². The molecule has 0 atom stereocenters. The molecule has 0 radical (unpaired) electrons. The lowest BCUT2D eigenvalue weighted by atomic mass is 10.1. The van der Waals surface area contributed by atoms with Crippen LogP contribution in [-0.2, 0) is 6.54 Å². The highest BCUT2D eigenvalue weighted by Crippen LogP contribution is 2.21. The zero-order chi connectivity index (χ0) is 19.7. The first kappa shape index (κ1) is 22.4. The molecule has 1 aromatic rings. The molecule has 0 amide bonds. The molecular weight excluding hydrogens is 330 g/mol. The number of carbonyl (C=O) groups is 1. The van der Waals surface area contributed by atoms with E-state index in [9.17, 15) is 9.90 Å². The molecule has 0 aliphatic heterocycles. The van der Waals surface area contributed by atoms with Crippen molar-refractivity contribution < 1.29 is 9.90 Å². The maximum absolute atomic E-state index is 11.3. The first-order valence-electron chi connectivity index (χ1n) is 9.03. The summed E-state index contributed by atoms with van der Waals surface area (Å²) in [6.45, 7) is 6.17. The summed E-state index contributed by atoms with van der Waals surface area (Å²) in [7, 11) is 10.3. The van der Waals surface area contributed by atoms with Crippen LogP contribution >= 0.6 is 0 Å². The average Bonchev–Trinajstić information content (AvgIpc) is 2.59. The topological polar surface area (TPSA) is 76.3 Å². The molecule has 0 heterocycles. The number of likely N-dealkylation sites (N-methyl/N-ethyl adjacent to an activating group) is 3. The van der Waals surface area contributed by atoms with Gasteiger partial charge in [0, 0.05) is 58.5 Å². The van der Waals surface area contributed by atoms with Crippen molar-refractivity contribution in [3.05, 3.63) is 29.3 Å². The maximum atomic E-state index is 11.3. The zero-order valence-corrected chi connectivity index (χ0v) is 16.9. The van der Waals surface area contributed by atoms with Gasteiger partial charge in [-0.1, -0.05) is 6.07 Å². The van der Waals surface area contributed by atoms with E-state index in [0.717, 1.165) is 50.5 Å². The average molecular weight is 366 g/mol. The van der Waals surface area contributed by atoms with Crippen molar-refractivity contribution in [1.29, 1.82) is 0 Å². The van der Waals surface area contributed by atoms with Crippen molar-refractivity contribution in [2.45, 2.75) is 6.54 Å². The van der Waals surface area contributed by atoms with Crippen LogP contribution in [0.4, 0.5) is 5.69 Å². The van der Waals surface area contributed by atoms with E-state index in [1.807, 2.05) is 13.1 Å². The molecule has 0 saturated heterocycles. The summed E-state index contributed by atoms with van der Waals surface area (Å²) in [6, 6.07) is 5.14. The molecule has 0 unspecified atom stereocenters. The zero-order valence-electron chi connectivity index (χ0n) is 16.9. The van der Waals surface area contributed by atoms with E-state index < -0.39 is 5.97 Å². The second-order valence-electron chi connectivity index (χ2n) is 7.22. The van der Waals surface area contributed by atoms with Gasteiger partial charge in [0.2, 0.25) is 0 Å². The van der Waals surface area contributed by atoms with Crippen LogP contribution < -0.4 is 10.6 Å². The Morgan fingerprint density at radius 1 is 0.923 bits per heavy atom. The molecule has 0 fully saturated rings. The van der Waals surface area contributed by atoms with Crippen molar-refractivity contribution in [2.24, 2.45) is 5.73 Å². The van der Waals surface area contributed by atoms with Crippen molar-refractivity contribution in [3.8, 4) is 0 Å². The number of hydrogen-bond acceptors (Lipinski definition) is 6. The second kappa shape index (κ2) is 11.1. The fourth-order valence-electron chi connectivity index (χ4n) is 2.65. The summed E-state index contributed by atoms with van der Waals surface area (Å²) < 4.78 is 0. The Morgan fingerprint density at radius 2 is 1.46 bits per heavy atom. The Kier molecular flexibility index (Phi) is 9.58. The maximum Gasteiger partial charge on any atom is 0.335 e. The van der Waals surface area contributed by atoms with Crippen molar-refractivity contribution in [2.75, 3.05) is 79.4 Å². The summed E-state index contributed by atoms with van der Waals surface area (Å²) in [5.41, 5.74) is 7.99. The molecular formula is C19H35N5O2. The molecule has 1 rings (SSSR count). The smallest absolute Gasteiger partial charge is 0.335 e. The molecule has 7 nitrogen and oxygen atoms in total. The Labute approximate surface area is 158 Å². The van der Waals surface area contributed by atoms with Gasteiger partial charge in [0.05, 0.1) is 5.56 Å². The Hall–Kier alpha value is -1.67. The fourth-order valence-corrected chi connectivity index (χ4v) is 2.65. The van der Waals surface area contributed by atoms with Crippen molar-refractivity contribution in [1.82, 2.24) is 14.7 Å². The summed E-state index contributed by atoms with van der Waals surface area (Å²) in [6.07, 6.45) is 0. The predicted molar refractivity (Wildman–Crippen MR) is 108 cm³/mol. The van der Waals surface area contributed by atoms with Gasteiger partial charge in [-0.25, -0.2) is 4.79 Å². The molecule has 3 N–H and O–H groups in total. The van der Waals surface area contributed by atoms with Crippen molar-refractivity contribution in [3.63, 3.8) is 0 Å². The second-order valence-corrected chi connectivity index (χ2v) is 7.22. The van der Waals surface area contributed by atoms with Crippen LogP contribution in [0, 0.1) is 0 Å². The van der Waals surface area contributed by atoms with E-state index in [4.69, 9.17) is 5.73 Å². The summed E-state index contributed by atoms with van der Waals surface area (Å²) in [4.78, 5) is 20.2. The van der Waals surface area contributed by atoms with E-state index in [-0.39, 0.29) is 0 Å². The van der Waals surface area contributed by atoms with Crippen LogP contribution in [0.3, 0.4) is 0 Å². The van der Waals surface area contributed by atoms with Gasteiger partial charge in [0.15, 0.2) is 0 Å². The van der Waals surface area contributed by atoms with E-state index in [1.54, 1.807) is 12.1 Å². The number of hydrogen-bond donors (Lipinski definition) is 2. The lowest BCUT2D eigenvalue weighted by Gasteiger charge is -2.29. The van der Waals surface area contributed by atoms with Crippen LogP contribution in [0.2, 0.25) is 0 Å². The Balaban J connectivity index is 2.77. The number of nitrogens with two attached hydrogens (primary N) is 1. The molecule has 0 aromatic heterocycles. The van der Waals surface area contributed by atoms with Gasteiger partial charge in [-0.05, 0) is 45.9 Å². The number of anilines is 1. The summed E-state index contributed by atoms with van der Waals surface area (Å²) in [5.74, 6) is -0.915. The Morgan fingerprint density at radius 3 is 1.92 bits per heavy atom. The lowest BCUT2D eigenvalue weighted by Crippen LogP contribution is -2.40. The third-order valence-electron chi connectivity index (χ3n) is 4.44. The SMILES string of the molecule is CN(C)CCN(CCN(C)C)CCN(C)c1cc(C(=O)O)ccc1CN. The van der Waals surface area contributed by atoms with Gasteiger partial charge >= 0.3 is 5.97 Å². The highest BCUT2D eigenvalue weighted by Gasteiger charge is 2.13. The molecule has 0 saturated carbocycles. The van der Waals surface area contributed by atoms with E-state index in [2.05, 4.69) is 47.8 Å². The van der Waals surface area contributed by atoms with E-state index in [0.29, 0.717) is 12.1 Å². The van der Waals surface area contributed by atoms with Gasteiger partial charge in [-0.2, -0.15) is 0 Å². The lowest BCUT2D eigenvalue weighted by molar-refractivity contribution is 0.0697. The minimum absolute atomic E-state index is 0.293. The molecule has 0 bridgehead atoms. The highest BCUT2D eigenvalue weighted by atomic mass is 16.4. The standard InChI is InChI=1S/C19H35N5O2/c1-21(2)8-11-24(12-9-22(3)4)13-10-23(5)18-14-16(19(25)26)6-7-17(18)15-20/h6-7,14H,8-13,15,20H2,1-5H3,(H,25,26). The largest absolute Gasteiger partial charge is 0.478 e. The van der Waals surface area contributed by atoms with Gasteiger partial charge in [-0.15, -0.1) is 0 Å². The van der Waals surface area contributed by atoms with Gasteiger partial charge < -0.3 is 25.5 Å². The molecule has 0 spiro atoms. The van der Waals surface area contributed by atoms with Crippen molar-refractivity contribution >= 4 is 11.7 Å². The van der Waals surface area contributed by atoms with Gasteiger partial charge in [0.1, 0.15) is 0 Å². The number of benzene rings is 1. The summed E-state index contributed by atoms with van der Waals surface area (Å²) >= 11 is 0. The number of nitrogens with zero attached hydrogens (tertiary/aromatic N) is 4. The monoisotopic (exact) mass is 365 g/mol. The number of rotatable bonds is 12. The third-order valence-corrected chi connectivity index (χ3v) is 4.44. The first-order chi connectivity index (χ1) is 12.2. The van der Waals surface area contributed by atoms with Gasteiger partial charge in [0.25, 0.3) is 0 Å². The van der Waals surface area contributed by atoms with Crippen LogP contribution in [0.1, 0.15) is 15.9 Å². The predicted octanol–water partition coefficient (Wildman–Crippen LogP) is 0.705. The first-order valence-corrected chi connectivity index (χ1v) is 9.03. The highest BCUT2D eigenvalue weighted by molar-refractivity contribution is 5.89. The molecule has 26 heavy (non-hydrogen) atoms. The molecule has 1 aromatic carbocycles. The summed E-state index contributed by atoms with van der Waals surface area (Å²) in [5, 5.41) is 9.25. The molecule has 0 aliphatic rings. The fraction of sp³-hybridized carbons (Fsp3) is 0.632. The van der Waals surface area contributed by atoms with Gasteiger partial charge in [-0.3, -0.25) is 4.90 Å². The molecule has 7 heteroatoms.